The van der Waals surface area contributed by atoms with Gasteiger partial charge in [-0.1, -0.05) is 12.1 Å². The third-order valence-electron chi connectivity index (χ3n) is 4.08. The maximum absolute atomic E-state index is 14.3. The van der Waals surface area contributed by atoms with Gasteiger partial charge in [0.15, 0.2) is 11.6 Å². The third-order valence-corrected chi connectivity index (χ3v) is 5.28. The van der Waals surface area contributed by atoms with Gasteiger partial charge >= 0.3 is 0 Å². The molecule has 0 aliphatic carbocycles. The number of anilines is 5. The second-order valence-electron chi connectivity index (χ2n) is 6.12. The third kappa shape index (κ3) is 4.91. The molecule has 152 valence electrons. The van der Waals surface area contributed by atoms with Crippen molar-refractivity contribution in [3.63, 3.8) is 0 Å². The Kier molecular flexibility index (Phi) is 5.83. The van der Waals surface area contributed by atoms with Crippen LogP contribution >= 0.6 is 0 Å². The summed E-state index contributed by atoms with van der Waals surface area (Å²) in [6.45, 7) is 0. The number of nitrogens with zero attached hydrogens (tertiary/aromatic N) is 3. The zero-order valence-corrected chi connectivity index (χ0v) is 16.9. The van der Waals surface area contributed by atoms with E-state index in [4.69, 9.17) is 4.74 Å². The van der Waals surface area contributed by atoms with Crippen LogP contribution in [0.2, 0.25) is 0 Å². The van der Waals surface area contributed by atoms with Gasteiger partial charge in [0, 0.05) is 12.7 Å². The molecule has 0 aliphatic heterocycles. The molecular formula is C19H20FN5O3S. The predicted molar refractivity (Wildman–Crippen MR) is 111 cm³/mol. The molecule has 2 N–H and O–H groups in total. The molecular weight excluding hydrogens is 397 g/mol. The Morgan fingerprint density at radius 2 is 1.76 bits per heavy atom. The van der Waals surface area contributed by atoms with Crippen LogP contribution in [-0.2, 0) is 10.0 Å². The van der Waals surface area contributed by atoms with Crippen molar-refractivity contribution in [3.05, 3.63) is 60.5 Å². The van der Waals surface area contributed by atoms with Crippen LogP contribution in [0, 0.1) is 5.82 Å². The van der Waals surface area contributed by atoms with Crippen LogP contribution in [0.3, 0.4) is 0 Å². The van der Waals surface area contributed by atoms with Crippen LogP contribution in [0.1, 0.15) is 0 Å². The highest BCUT2D eigenvalue weighted by Crippen LogP contribution is 2.30. The summed E-state index contributed by atoms with van der Waals surface area (Å²) in [5.74, 6) is 0.102. The van der Waals surface area contributed by atoms with E-state index in [2.05, 4.69) is 20.6 Å². The molecule has 2 aromatic carbocycles. The SMILES string of the molecule is COc1ccc(Nc2ncc(F)c(Nc3ccccc3N(C)S(C)(=O)=O)n2)cc1. The second kappa shape index (κ2) is 8.31. The van der Waals surface area contributed by atoms with Crippen molar-refractivity contribution >= 4 is 38.9 Å². The number of nitrogens with one attached hydrogen (secondary N) is 2. The molecule has 0 radical (unpaired) electrons. The highest BCUT2D eigenvalue weighted by molar-refractivity contribution is 7.92. The molecule has 3 rings (SSSR count). The Morgan fingerprint density at radius 3 is 2.41 bits per heavy atom. The van der Waals surface area contributed by atoms with E-state index >= 15 is 0 Å². The van der Waals surface area contributed by atoms with Gasteiger partial charge in [0.1, 0.15) is 5.75 Å². The predicted octanol–water partition coefficient (Wildman–Crippen LogP) is 3.51. The van der Waals surface area contributed by atoms with Gasteiger partial charge in [-0.3, -0.25) is 4.31 Å². The average Bonchev–Trinajstić information content (AvgIpc) is 2.70. The second-order valence-corrected chi connectivity index (χ2v) is 8.13. The van der Waals surface area contributed by atoms with Crippen LogP contribution in [0.25, 0.3) is 0 Å². The molecule has 8 nitrogen and oxygen atoms in total. The molecule has 0 unspecified atom stereocenters. The number of hydrogen-bond donors (Lipinski definition) is 2. The first-order chi connectivity index (χ1) is 13.8. The van der Waals surface area contributed by atoms with E-state index in [1.54, 1.807) is 55.6 Å². The van der Waals surface area contributed by atoms with Crippen molar-refractivity contribution in [2.75, 3.05) is 35.4 Å². The Balaban J connectivity index is 1.88. The maximum atomic E-state index is 14.3. The fourth-order valence-corrected chi connectivity index (χ4v) is 3.00. The average molecular weight is 417 g/mol. The quantitative estimate of drug-likeness (QED) is 0.607. The lowest BCUT2D eigenvalue weighted by Crippen LogP contribution is -2.25. The number of hydrogen-bond acceptors (Lipinski definition) is 7. The topological polar surface area (TPSA) is 96.5 Å². The fraction of sp³-hybridized carbons (Fsp3) is 0.158. The number of methoxy groups -OCH3 is 1. The summed E-state index contributed by atoms with van der Waals surface area (Å²) in [4.78, 5) is 8.10. The summed E-state index contributed by atoms with van der Waals surface area (Å²) in [5.41, 5.74) is 1.44. The Bertz CT molecular complexity index is 1110. The highest BCUT2D eigenvalue weighted by Gasteiger charge is 2.17. The van der Waals surface area contributed by atoms with Gasteiger partial charge in [-0.05, 0) is 36.4 Å². The number of aromatic nitrogens is 2. The van der Waals surface area contributed by atoms with Crippen molar-refractivity contribution in [3.8, 4) is 5.75 Å². The van der Waals surface area contributed by atoms with Gasteiger partial charge in [0.2, 0.25) is 16.0 Å². The van der Waals surface area contributed by atoms with E-state index in [-0.39, 0.29) is 11.8 Å². The van der Waals surface area contributed by atoms with E-state index in [0.29, 0.717) is 22.8 Å². The largest absolute Gasteiger partial charge is 0.497 e. The first kappa shape index (κ1) is 20.3. The molecule has 1 aromatic heterocycles. The van der Waals surface area contributed by atoms with E-state index in [1.165, 1.54) is 7.05 Å². The van der Waals surface area contributed by atoms with Crippen molar-refractivity contribution in [2.45, 2.75) is 0 Å². The molecule has 1 heterocycles. The molecule has 0 amide bonds. The van der Waals surface area contributed by atoms with Gasteiger partial charge in [-0.15, -0.1) is 0 Å². The fourth-order valence-electron chi connectivity index (χ4n) is 2.48. The van der Waals surface area contributed by atoms with Gasteiger partial charge in [0.25, 0.3) is 0 Å². The van der Waals surface area contributed by atoms with Crippen LogP contribution < -0.4 is 19.7 Å². The number of halogens is 1. The van der Waals surface area contributed by atoms with Gasteiger partial charge in [-0.25, -0.2) is 17.8 Å². The smallest absolute Gasteiger partial charge is 0.232 e. The summed E-state index contributed by atoms with van der Waals surface area (Å²) in [7, 11) is -0.500. The molecule has 0 saturated carbocycles. The van der Waals surface area contributed by atoms with Crippen molar-refractivity contribution in [2.24, 2.45) is 0 Å². The summed E-state index contributed by atoms with van der Waals surface area (Å²) < 4.78 is 44.3. The minimum atomic E-state index is -3.49. The van der Waals surface area contributed by atoms with Crippen LogP contribution in [-0.4, -0.2) is 38.8 Å². The minimum Gasteiger partial charge on any atom is -0.497 e. The number of benzene rings is 2. The zero-order chi connectivity index (χ0) is 21.0. The Hall–Kier alpha value is -3.40. The number of rotatable bonds is 7. The van der Waals surface area contributed by atoms with Crippen LogP contribution in [0.15, 0.2) is 54.7 Å². The van der Waals surface area contributed by atoms with Crippen molar-refractivity contribution in [1.29, 1.82) is 0 Å². The lowest BCUT2D eigenvalue weighted by atomic mass is 10.2. The zero-order valence-electron chi connectivity index (χ0n) is 16.0. The lowest BCUT2D eigenvalue weighted by molar-refractivity contribution is 0.415. The minimum absolute atomic E-state index is 0.0923. The summed E-state index contributed by atoms with van der Waals surface area (Å²) in [5, 5.41) is 5.83. The van der Waals surface area contributed by atoms with Gasteiger partial charge in [-0.2, -0.15) is 4.98 Å². The first-order valence-electron chi connectivity index (χ1n) is 8.51. The van der Waals surface area contributed by atoms with E-state index in [0.717, 1.165) is 16.8 Å². The lowest BCUT2D eigenvalue weighted by Gasteiger charge is -2.20. The first-order valence-corrected chi connectivity index (χ1v) is 10.4. The molecule has 3 aromatic rings. The molecule has 0 atom stereocenters. The molecule has 0 bridgehead atoms. The van der Waals surface area contributed by atoms with Crippen molar-refractivity contribution in [1.82, 2.24) is 9.97 Å². The molecule has 0 fully saturated rings. The Labute approximate surface area is 168 Å². The number of ether oxygens (including phenoxy) is 1. The summed E-state index contributed by atoms with van der Waals surface area (Å²) >= 11 is 0. The molecule has 29 heavy (non-hydrogen) atoms. The Morgan fingerprint density at radius 1 is 1.07 bits per heavy atom. The van der Waals surface area contributed by atoms with E-state index in [1.807, 2.05) is 0 Å². The van der Waals surface area contributed by atoms with Crippen LogP contribution in [0.5, 0.6) is 5.75 Å². The summed E-state index contributed by atoms with van der Waals surface area (Å²) in [6.07, 6.45) is 2.12. The monoisotopic (exact) mass is 417 g/mol. The standard InChI is InChI=1S/C19H20FN5O3S/c1-25(29(3,26)27)17-7-5-4-6-16(17)23-18-15(20)12-21-19(24-18)22-13-8-10-14(28-2)11-9-13/h4-12H,1-3H3,(H2,21,22,23,24). The highest BCUT2D eigenvalue weighted by atomic mass is 32.2. The van der Waals surface area contributed by atoms with E-state index < -0.39 is 15.8 Å². The van der Waals surface area contributed by atoms with Gasteiger partial charge in [0.05, 0.1) is 30.9 Å². The molecule has 0 spiro atoms. The van der Waals surface area contributed by atoms with Crippen LogP contribution in [0.4, 0.5) is 33.2 Å². The number of para-hydroxylation sites is 2. The van der Waals surface area contributed by atoms with E-state index in [9.17, 15) is 12.8 Å². The maximum Gasteiger partial charge on any atom is 0.232 e. The van der Waals surface area contributed by atoms with Crippen molar-refractivity contribution < 1.29 is 17.5 Å². The number of sulfonamides is 1. The normalized spacial score (nSPS) is 11.0. The summed E-state index contributed by atoms with van der Waals surface area (Å²) in [6, 6.07) is 13.7. The molecule has 0 saturated heterocycles. The van der Waals surface area contributed by atoms with Gasteiger partial charge < -0.3 is 15.4 Å². The molecule has 10 heteroatoms. The molecule has 0 aliphatic rings.